The molecule has 120 valence electrons. The van der Waals surface area contributed by atoms with Crippen LogP contribution in [0.2, 0.25) is 0 Å². The lowest BCUT2D eigenvalue weighted by atomic mass is 10.1. The summed E-state index contributed by atoms with van der Waals surface area (Å²) in [4.78, 5) is -0.391. The van der Waals surface area contributed by atoms with E-state index in [4.69, 9.17) is 5.73 Å². The molecule has 0 atom stereocenters. The highest BCUT2D eigenvalue weighted by atomic mass is 32.2. The quantitative estimate of drug-likeness (QED) is 0.631. The first kappa shape index (κ1) is 17.8. The van der Waals surface area contributed by atoms with Gasteiger partial charge in [-0.25, -0.2) is 30.7 Å². The monoisotopic (exact) mass is 339 g/mol. The van der Waals surface area contributed by atoms with E-state index >= 15 is 0 Å². The molecule has 1 aromatic rings. The molecule has 10 heteroatoms. The maximum absolute atomic E-state index is 13.3. The molecule has 0 aliphatic heterocycles. The highest BCUT2D eigenvalue weighted by molar-refractivity contribution is 7.89. The van der Waals surface area contributed by atoms with Gasteiger partial charge in [-0.2, -0.15) is 0 Å². The average molecular weight is 339 g/mol. The molecule has 0 aliphatic carbocycles. The number of anilines is 1. The number of halogens is 1. The summed E-state index contributed by atoms with van der Waals surface area (Å²) < 4.78 is 64.3. The van der Waals surface area contributed by atoms with Crippen molar-refractivity contribution in [1.82, 2.24) is 9.44 Å². The molecule has 7 nitrogen and oxygen atoms in total. The third-order valence-electron chi connectivity index (χ3n) is 2.47. The topological polar surface area (TPSA) is 118 Å². The zero-order valence-corrected chi connectivity index (χ0v) is 13.5. The van der Waals surface area contributed by atoms with E-state index in [-0.39, 0.29) is 6.54 Å². The zero-order valence-electron chi connectivity index (χ0n) is 11.8. The van der Waals surface area contributed by atoms with Gasteiger partial charge in [0.15, 0.2) is 0 Å². The summed E-state index contributed by atoms with van der Waals surface area (Å²) in [5.41, 5.74) is 3.86. The van der Waals surface area contributed by atoms with Crippen molar-refractivity contribution < 1.29 is 21.2 Å². The molecule has 21 heavy (non-hydrogen) atoms. The Kier molecular flexibility index (Phi) is 4.98. The van der Waals surface area contributed by atoms with Crippen molar-refractivity contribution >= 4 is 25.7 Å². The Morgan fingerprint density at radius 3 is 2.33 bits per heavy atom. The van der Waals surface area contributed by atoms with Gasteiger partial charge in [-0.1, -0.05) is 6.07 Å². The number of nitrogen functional groups attached to an aromatic ring is 1. The lowest BCUT2D eigenvalue weighted by molar-refractivity contribution is 0.446. The van der Waals surface area contributed by atoms with Gasteiger partial charge in [-0.15, -0.1) is 0 Å². The largest absolute Gasteiger partial charge is 0.395 e. The van der Waals surface area contributed by atoms with Crippen LogP contribution in [0.4, 0.5) is 10.1 Å². The van der Waals surface area contributed by atoms with Crippen molar-refractivity contribution in [2.24, 2.45) is 0 Å². The maximum Gasteiger partial charge on any atom is 0.242 e. The molecular formula is C11H18FN3O4S2. The van der Waals surface area contributed by atoms with E-state index in [0.717, 1.165) is 18.4 Å². The second-order valence-electron chi connectivity index (χ2n) is 5.23. The summed E-state index contributed by atoms with van der Waals surface area (Å²) >= 11 is 0. The van der Waals surface area contributed by atoms with E-state index in [9.17, 15) is 21.2 Å². The molecule has 0 amide bonds. The van der Waals surface area contributed by atoms with Crippen LogP contribution in [0.3, 0.4) is 0 Å². The minimum Gasteiger partial charge on any atom is -0.395 e. The number of benzene rings is 1. The molecule has 0 bridgehead atoms. The third kappa shape index (κ3) is 5.23. The average Bonchev–Trinajstić information content (AvgIpc) is 2.27. The van der Waals surface area contributed by atoms with E-state index in [0.29, 0.717) is 0 Å². The van der Waals surface area contributed by atoms with Gasteiger partial charge in [0.25, 0.3) is 0 Å². The fourth-order valence-electron chi connectivity index (χ4n) is 1.64. The Balaban J connectivity index is 2.95. The van der Waals surface area contributed by atoms with Crippen LogP contribution in [0.25, 0.3) is 0 Å². The molecule has 0 saturated heterocycles. The first-order chi connectivity index (χ1) is 9.34. The molecule has 0 aromatic heterocycles. The smallest absolute Gasteiger partial charge is 0.242 e. The van der Waals surface area contributed by atoms with Crippen LogP contribution >= 0.6 is 0 Å². The Morgan fingerprint density at radius 2 is 1.81 bits per heavy atom. The van der Waals surface area contributed by atoms with Crippen molar-refractivity contribution in [1.29, 1.82) is 0 Å². The van der Waals surface area contributed by atoms with Gasteiger partial charge >= 0.3 is 0 Å². The number of nitrogens with two attached hydrogens (primary N) is 1. The van der Waals surface area contributed by atoms with E-state index in [1.807, 2.05) is 0 Å². The van der Waals surface area contributed by atoms with E-state index in [1.165, 1.54) is 19.9 Å². The summed E-state index contributed by atoms with van der Waals surface area (Å²) in [5, 5.41) is 0. The second-order valence-corrected chi connectivity index (χ2v) is 8.72. The number of hydrogen-bond donors (Lipinski definition) is 3. The fraction of sp³-hybridized carbons (Fsp3) is 0.455. The Bertz CT molecular complexity index is 730. The first-order valence-corrected chi connectivity index (χ1v) is 9.24. The first-order valence-electron chi connectivity index (χ1n) is 5.87. The van der Waals surface area contributed by atoms with Gasteiger partial charge in [-0.05, 0) is 26.0 Å². The number of para-hydroxylation sites is 1. The molecule has 1 rings (SSSR count). The number of rotatable bonds is 6. The number of sulfonamides is 2. The molecule has 0 spiro atoms. The lowest BCUT2D eigenvalue weighted by Gasteiger charge is -2.25. The Labute approximate surface area is 123 Å². The van der Waals surface area contributed by atoms with Crippen LogP contribution in [0.15, 0.2) is 23.1 Å². The van der Waals surface area contributed by atoms with Crippen molar-refractivity contribution in [3.8, 4) is 0 Å². The number of nitrogens with one attached hydrogen (secondary N) is 2. The van der Waals surface area contributed by atoms with Gasteiger partial charge in [0.1, 0.15) is 10.7 Å². The summed E-state index contributed by atoms with van der Waals surface area (Å²) in [5.74, 6) is -0.841. The van der Waals surface area contributed by atoms with E-state index < -0.39 is 42.0 Å². The molecule has 4 N–H and O–H groups in total. The Hall–Kier alpha value is -1.23. The highest BCUT2D eigenvalue weighted by Crippen LogP contribution is 2.21. The predicted molar refractivity (Wildman–Crippen MR) is 78.1 cm³/mol. The van der Waals surface area contributed by atoms with Gasteiger partial charge in [0.2, 0.25) is 20.0 Å². The molecule has 0 heterocycles. The minimum absolute atomic E-state index is 0.224. The van der Waals surface area contributed by atoms with Crippen molar-refractivity contribution in [2.45, 2.75) is 24.3 Å². The minimum atomic E-state index is -4.05. The molecule has 0 fully saturated rings. The molecule has 0 aliphatic rings. The zero-order chi connectivity index (χ0) is 16.5. The van der Waals surface area contributed by atoms with Gasteiger partial charge in [-0.3, -0.25) is 0 Å². The summed E-state index contributed by atoms with van der Waals surface area (Å²) in [6.45, 7) is 2.79. The van der Waals surface area contributed by atoms with Crippen molar-refractivity contribution in [2.75, 3.05) is 18.5 Å². The SMILES string of the molecule is CC(C)(CNS(=O)(=O)c1cccc(F)c1N)NS(C)(=O)=O. The van der Waals surface area contributed by atoms with Crippen molar-refractivity contribution in [3.63, 3.8) is 0 Å². The highest BCUT2D eigenvalue weighted by Gasteiger charge is 2.26. The van der Waals surface area contributed by atoms with Gasteiger partial charge in [0, 0.05) is 12.1 Å². The van der Waals surface area contributed by atoms with E-state index in [2.05, 4.69) is 9.44 Å². The van der Waals surface area contributed by atoms with Crippen LogP contribution in [-0.2, 0) is 20.0 Å². The fourth-order valence-corrected chi connectivity index (χ4v) is 4.07. The molecule has 0 radical (unpaired) electrons. The van der Waals surface area contributed by atoms with E-state index in [1.54, 1.807) is 0 Å². The number of hydrogen-bond acceptors (Lipinski definition) is 5. The molecule has 0 unspecified atom stereocenters. The van der Waals surface area contributed by atoms with Gasteiger partial charge < -0.3 is 5.73 Å². The van der Waals surface area contributed by atoms with Gasteiger partial charge in [0.05, 0.1) is 11.9 Å². The van der Waals surface area contributed by atoms with Crippen LogP contribution in [0, 0.1) is 5.82 Å². The molecule has 0 saturated carbocycles. The molecule has 1 aromatic carbocycles. The normalized spacial score (nSPS) is 13.3. The summed E-state index contributed by atoms with van der Waals surface area (Å²) in [6, 6.07) is 3.43. The van der Waals surface area contributed by atoms with Crippen LogP contribution in [0.1, 0.15) is 13.8 Å². The van der Waals surface area contributed by atoms with Crippen LogP contribution < -0.4 is 15.2 Å². The third-order valence-corrected chi connectivity index (χ3v) is 4.85. The predicted octanol–water partition coefficient (Wildman–Crippen LogP) is 0.0140. The maximum atomic E-state index is 13.3. The van der Waals surface area contributed by atoms with Crippen molar-refractivity contribution in [3.05, 3.63) is 24.0 Å². The summed E-state index contributed by atoms with van der Waals surface area (Å²) in [7, 11) is -7.55. The summed E-state index contributed by atoms with van der Waals surface area (Å²) in [6.07, 6.45) is 0.966. The standard InChI is InChI=1S/C11H18FN3O4S2/c1-11(2,15-20(3,16)17)7-14-21(18,19)9-6-4-5-8(12)10(9)13/h4-6,14-15H,7,13H2,1-3H3. The van der Waals surface area contributed by atoms with Crippen LogP contribution in [0.5, 0.6) is 0 Å². The lowest BCUT2D eigenvalue weighted by Crippen LogP contribution is -2.50. The second kappa shape index (κ2) is 5.87. The molecular weight excluding hydrogens is 321 g/mol. The Morgan fingerprint density at radius 1 is 1.24 bits per heavy atom. The van der Waals surface area contributed by atoms with Crippen LogP contribution in [-0.4, -0.2) is 35.2 Å².